The Hall–Kier alpha value is -1.18. The first-order chi connectivity index (χ1) is 6.04. The number of nitrogens with two attached hydrogens (primary N) is 1. The van der Waals surface area contributed by atoms with Crippen molar-refractivity contribution in [1.82, 2.24) is 10.2 Å². The van der Waals surface area contributed by atoms with Gasteiger partial charge in [0.25, 0.3) is 0 Å². The van der Waals surface area contributed by atoms with Crippen molar-refractivity contribution in [3.05, 3.63) is 0 Å². The second-order valence-corrected chi connectivity index (χ2v) is 2.35. The summed E-state index contributed by atoms with van der Waals surface area (Å²) in [5, 5.41) is 11.7. The standard InChI is InChI=1S/C6H13N3O4/c1-8-3-4(10)9(2)5(11)6(12)13-7/h5,8,11H,3,7H2,1-2H3. The van der Waals surface area contributed by atoms with Gasteiger partial charge in [0.2, 0.25) is 12.1 Å². The van der Waals surface area contributed by atoms with Gasteiger partial charge < -0.3 is 20.2 Å². The summed E-state index contributed by atoms with van der Waals surface area (Å²) in [5.74, 6) is 3.00. The first-order valence-electron chi connectivity index (χ1n) is 3.53. The van der Waals surface area contributed by atoms with Gasteiger partial charge in [0.1, 0.15) is 0 Å². The molecule has 0 aromatic heterocycles. The molecular formula is C6H13N3O4. The molecule has 0 saturated heterocycles. The third-order valence-electron chi connectivity index (χ3n) is 1.42. The molecule has 0 aromatic rings. The van der Waals surface area contributed by atoms with Crippen molar-refractivity contribution in [2.45, 2.75) is 6.23 Å². The van der Waals surface area contributed by atoms with E-state index in [2.05, 4.69) is 16.1 Å². The Morgan fingerprint density at radius 2 is 2.23 bits per heavy atom. The summed E-state index contributed by atoms with van der Waals surface area (Å²) in [6.07, 6.45) is -1.66. The van der Waals surface area contributed by atoms with Crippen LogP contribution in [0.3, 0.4) is 0 Å². The highest BCUT2D eigenvalue weighted by Crippen LogP contribution is 1.94. The van der Waals surface area contributed by atoms with Crippen LogP contribution in [0.15, 0.2) is 0 Å². The maximum absolute atomic E-state index is 11.1. The minimum absolute atomic E-state index is 0.0193. The lowest BCUT2D eigenvalue weighted by molar-refractivity contribution is -0.168. The highest BCUT2D eigenvalue weighted by Gasteiger charge is 2.24. The highest BCUT2D eigenvalue weighted by molar-refractivity contribution is 5.84. The first kappa shape index (κ1) is 11.8. The molecule has 1 atom stereocenters. The Kier molecular flexibility index (Phi) is 4.97. The number of hydrogen-bond donors (Lipinski definition) is 3. The molecule has 0 aliphatic rings. The third-order valence-corrected chi connectivity index (χ3v) is 1.42. The number of aliphatic hydroxyl groups is 1. The fourth-order valence-electron chi connectivity index (χ4n) is 0.631. The zero-order valence-corrected chi connectivity index (χ0v) is 7.48. The highest BCUT2D eigenvalue weighted by atomic mass is 16.7. The molecule has 7 heteroatoms. The fraction of sp³-hybridized carbons (Fsp3) is 0.667. The van der Waals surface area contributed by atoms with Crippen LogP contribution < -0.4 is 11.2 Å². The Balaban J connectivity index is 4.16. The molecule has 0 spiro atoms. The van der Waals surface area contributed by atoms with Crippen LogP contribution in [-0.4, -0.2) is 48.8 Å². The van der Waals surface area contributed by atoms with E-state index in [9.17, 15) is 9.59 Å². The molecule has 0 aliphatic heterocycles. The van der Waals surface area contributed by atoms with E-state index in [0.717, 1.165) is 4.90 Å². The average Bonchev–Trinajstić information content (AvgIpc) is 2.14. The summed E-state index contributed by atoms with van der Waals surface area (Å²) in [4.78, 5) is 26.3. The molecule has 4 N–H and O–H groups in total. The van der Waals surface area contributed by atoms with Crippen LogP contribution in [-0.2, 0) is 14.4 Å². The lowest BCUT2D eigenvalue weighted by Crippen LogP contribution is -2.46. The SMILES string of the molecule is CNCC(=O)N(C)C(O)C(=O)ON. The van der Waals surface area contributed by atoms with Crippen LogP contribution in [0.5, 0.6) is 0 Å². The molecule has 0 saturated carbocycles. The molecule has 0 aliphatic carbocycles. The molecule has 0 heterocycles. The predicted octanol–water partition coefficient (Wildman–Crippen LogP) is -2.60. The van der Waals surface area contributed by atoms with Crippen molar-refractivity contribution >= 4 is 11.9 Å². The van der Waals surface area contributed by atoms with Crippen molar-refractivity contribution in [3.8, 4) is 0 Å². The van der Waals surface area contributed by atoms with Gasteiger partial charge >= 0.3 is 5.97 Å². The molecule has 1 amide bonds. The number of likely N-dealkylation sites (N-methyl/N-ethyl adjacent to an activating group) is 2. The Morgan fingerprint density at radius 3 is 2.62 bits per heavy atom. The summed E-state index contributed by atoms with van der Waals surface area (Å²) in [7, 11) is 2.83. The lowest BCUT2D eigenvalue weighted by Gasteiger charge is -2.20. The Bertz CT molecular complexity index is 196. The molecule has 0 rings (SSSR count). The smallest absolute Gasteiger partial charge is 0.370 e. The van der Waals surface area contributed by atoms with Gasteiger partial charge in [0.15, 0.2) is 0 Å². The summed E-state index contributed by atoms with van der Waals surface area (Å²) >= 11 is 0. The Morgan fingerprint density at radius 1 is 1.69 bits per heavy atom. The molecule has 0 fully saturated rings. The molecular weight excluding hydrogens is 178 g/mol. The van der Waals surface area contributed by atoms with Crippen LogP contribution in [0.4, 0.5) is 0 Å². The minimum atomic E-state index is -1.66. The largest absolute Gasteiger partial charge is 0.374 e. The number of carbonyl (C=O) groups excluding carboxylic acids is 2. The van der Waals surface area contributed by atoms with Gasteiger partial charge in [-0.3, -0.25) is 4.79 Å². The average molecular weight is 191 g/mol. The number of carbonyl (C=O) groups is 2. The van der Waals surface area contributed by atoms with Crippen LogP contribution in [0.1, 0.15) is 0 Å². The van der Waals surface area contributed by atoms with Crippen molar-refractivity contribution in [2.24, 2.45) is 5.90 Å². The number of nitrogens with one attached hydrogen (secondary N) is 1. The monoisotopic (exact) mass is 191 g/mol. The molecule has 1 unspecified atom stereocenters. The van der Waals surface area contributed by atoms with E-state index < -0.39 is 18.1 Å². The molecule has 13 heavy (non-hydrogen) atoms. The normalized spacial score (nSPS) is 12.0. The maximum atomic E-state index is 11.1. The summed E-state index contributed by atoms with van der Waals surface area (Å²) in [6, 6.07) is 0. The molecule has 0 radical (unpaired) electrons. The van der Waals surface area contributed by atoms with E-state index in [1.165, 1.54) is 7.05 Å². The number of nitrogens with zero attached hydrogens (tertiary/aromatic N) is 1. The first-order valence-corrected chi connectivity index (χ1v) is 3.53. The predicted molar refractivity (Wildman–Crippen MR) is 43.0 cm³/mol. The maximum Gasteiger partial charge on any atom is 0.374 e. The number of hydrogen-bond acceptors (Lipinski definition) is 6. The Labute approximate surface area is 75.4 Å². The van der Waals surface area contributed by atoms with Gasteiger partial charge in [-0.2, -0.15) is 5.90 Å². The van der Waals surface area contributed by atoms with Crippen molar-refractivity contribution in [1.29, 1.82) is 0 Å². The van der Waals surface area contributed by atoms with E-state index in [4.69, 9.17) is 5.11 Å². The van der Waals surface area contributed by atoms with E-state index in [1.807, 2.05) is 0 Å². The lowest BCUT2D eigenvalue weighted by atomic mass is 10.4. The van der Waals surface area contributed by atoms with Crippen LogP contribution in [0.2, 0.25) is 0 Å². The van der Waals surface area contributed by atoms with E-state index in [0.29, 0.717) is 0 Å². The van der Waals surface area contributed by atoms with Crippen LogP contribution >= 0.6 is 0 Å². The van der Waals surface area contributed by atoms with E-state index >= 15 is 0 Å². The fourth-order valence-corrected chi connectivity index (χ4v) is 0.631. The van der Waals surface area contributed by atoms with Crippen molar-refractivity contribution in [3.63, 3.8) is 0 Å². The number of amides is 1. The topological polar surface area (TPSA) is 105 Å². The van der Waals surface area contributed by atoms with Crippen molar-refractivity contribution < 1.29 is 19.5 Å². The quantitative estimate of drug-likeness (QED) is 0.332. The summed E-state index contributed by atoms with van der Waals surface area (Å²) < 4.78 is 0. The molecule has 0 bridgehead atoms. The summed E-state index contributed by atoms with van der Waals surface area (Å²) in [6.45, 7) is 0.0193. The number of rotatable bonds is 4. The van der Waals surface area contributed by atoms with E-state index in [-0.39, 0.29) is 6.54 Å². The van der Waals surface area contributed by atoms with Crippen LogP contribution in [0.25, 0.3) is 0 Å². The zero-order chi connectivity index (χ0) is 10.4. The third kappa shape index (κ3) is 3.36. The van der Waals surface area contributed by atoms with Gasteiger partial charge in [0, 0.05) is 7.05 Å². The summed E-state index contributed by atoms with van der Waals surface area (Å²) in [5.41, 5.74) is 0. The van der Waals surface area contributed by atoms with Crippen molar-refractivity contribution in [2.75, 3.05) is 20.6 Å². The van der Waals surface area contributed by atoms with Gasteiger partial charge in [-0.15, -0.1) is 0 Å². The zero-order valence-electron chi connectivity index (χ0n) is 7.48. The second-order valence-electron chi connectivity index (χ2n) is 2.35. The minimum Gasteiger partial charge on any atom is -0.370 e. The van der Waals surface area contributed by atoms with Crippen LogP contribution in [0, 0.1) is 0 Å². The van der Waals surface area contributed by atoms with Gasteiger partial charge in [-0.1, -0.05) is 0 Å². The van der Waals surface area contributed by atoms with Gasteiger partial charge in [-0.05, 0) is 7.05 Å². The second kappa shape index (κ2) is 5.46. The number of aliphatic hydroxyl groups excluding tert-OH is 1. The molecule has 76 valence electrons. The van der Waals surface area contributed by atoms with E-state index in [1.54, 1.807) is 7.05 Å². The molecule has 7 nitrogen and oxygen atoms in total. The van der Waals surface area contributed by atoms with Gasteiger partial charge in [0.05, 0.1) is 6.54 Å². The molecule has 0 aromatic carbocycles. The van der Waals surface area contributed by atoms with Gasteiger partial charge in [-0.25, -0.2) is 4.79 Å².